The molecular weight excluding hydrogens is 330 g/mol. The fraction of sp³-hybridized carbons (Fsp3) is 0.231. The van der Waals surface area contributed by atoms with Gasteiger partial charge in [0, 0.05) is 6.92 Å². The van der Waals surface area contributed by atoms with Crippen molar-refractivity contribution in [3.63, 3.8) is 0 Å². The summed E-state index contributed by atoms with van der Waals surface area (Å²) in [5.74, 6) is -0.329. The second kappa shape index (κ2) is 7.28. The lowest BCUT2D eigenvalue weighted by molar-refractivity contribution is -0.113. The van der Waals surface area contributed by atoms with E-state index in [-0.39, 0.29) is 11.7 Å². The number of nitrogens with one attached hydrogen (secondary N) is 1. The van der Waals surface area contributed by atoms with Crippen LogP contribution in [0, 0.1) is 6.92 Å². The Kier molecular flexibility index (Phi) is 5.40. The van der Waals surface area contributed by atoms with Crippen molar-refractivity contribution in [2.45, 2.75) is 12.1 Å². The number of nitrogens with zero attached hydrogens (tertiary/aromatic N) is 2. The van der Waals surface area contributed by atoms with Crippen LogP contribution in [0.5, 0.6) is 0 Å². The summed E-state index contributed by atoms with van der Waals surface area (Å²) in [5.41, 5.74) is 0.624. The lowest BCUT2D eigenvalue weighted by Crippen LogP contribution is -2.15. The molecule has 0 radical (unpaired) electrons. The number of esters is 1. The number of aryl methyl sites for hydroxylation is 1. The molecule has 0 saturated heterocycles. The van der Waals surface area contributed by atoms with Crippen molar-refractivity contribution in [1.29, 1.82) is 0 Å². The van der Waals surface area contributed by atoms with Gasteiger partial charge in [-0.2, -0.15) is 0 Å². The first-order chi connectivity index (χ1) is 10.5. The number of benzene rings is 1. The van der Waals surface area contributed by atoms with Crippen LogP contribution in [0.15, 0.2) is 27.8 Å². The molecule has 1 N–H and O–H groups in total. The molecule has 1 aromatic heterocycles. The fourth-order valence-electron chi connectivity index (χ4n) is 1.52. The number of ether oxygens (including phenoxy) is 1. The molecule has 7 nitrogen and oxygen atoms in total. The summed E-state index contributed by atoms with van der Waals surface area (Å²) >= 11 is 7.10. The summed E-state index contributed by atoms with van der Waals surface area (Å²) < 4.78 is 9.76. The monoisotopic (exact) mass is 341 g/mol. The van der Waals surface area contributed by atoms with E-state index >= 15 is 0 Å². The van der Waals surface area contributed by atoms with E-state index < -0.39 is 5.97 Å². The van der Waals surface area contributed by atoms with Crippen molar-refractivity contribution in [2.75, 3.05) is 18.2 Å². The van der Waals surface area contributed by atoms with Gasteiger partial charge >= 0.3 is 5.97 Å². The summed E-state index contributed by atoms with van der Waals surface area (Å²) in [7, 11) is 1.28. The number of hydrogen-bond acceptors (Lipinski definition) is 7. The van der Waals surface area contributed by atoms with Gasteiger partial charge in [0.1, 0.15) is 0 Å². The minimum atomic E-state index is -0.511. The molecule has 1 aromatic carbocycles. The molecule has 0 fully saturated rings. The highest BCUT2D eigenvalue weighted by Crippen LogP contribution is 2.24. The largest absolute Gasteiger partial charge is 0.465 e. The Morgan fingerprint density at radius 2 is 2.18 bits per heavy atom. The van der Waals surface area contributed by atoms with E-state index in [9.17, 15) is 9.59 Å². The van der Waals surface area contributed by atoms with Crippen LogP contribution in [0.4, 0.5) is 5.69 Å². The zero-order valence-corrected chi connectivity index (χ0v) is 13.3. The maximum absolute atomic E-state index is 11.9. The zero-order chi connectivity index (χ0) is 16.1. The average molecular weight is 342 g/mol. The lowest BCUT2D eigenvalue weighted by atomic mass is 10.2. The third kappa shape index (κ3) is 4.22. The van der Waals surface area contributed by atoms with Crippen LogP contribution < -0.4 is 5.32 Å². The predicted octanol–water partition coefficient (Wildman–Crippen LogP) is 2.55. The molecule has 0 aliphatic rings. The highest BCUT2D eigenvalue weighted by Gasteiger charge is 2.12. The third-order valence-electron chi connectivity index (χ3n) is 2.50. The average Bonchev–Trinajstić information content (AvgIpc) is 2.92. The van der Waals surface area contributed by atoms with Crippen LogP contribution in [0.25, 0.3) is 0 Å². The van der Waals surface area contributed by atoms with E-state index in [4.69, 9.17) is 16.0 Å². The number of hydrogen-bond donors (Lipinski definition) is 1. The van der Waals surface area contributed by atoms with Crippen molar-refractivity contribution in [1.82, 2.24) is 10.2 Å². The molecule has 0 bridgehead atoms. The first kappa shape index (κ1) is 16.3. The summed E-state index contributed by atoms with van der Waals surface area (Å²) in [6, 6.07) is 4.48. The number of carbonyl (C=O) groups is 2. The number of halogens is 1. The summed E-state index contributed by atoms with van der Waals surface area (Å²) in [4.78, 5) is 23.4. The highest BCUT2D eigenvalue weighted by atomic mass is 35.5. The Hall–Kier alpha value is -2.06. The number of anilines is 1. The molecule has 0 aliphatic heterocycles. The molecule has 116 valence electrons. The Labute approximate surface area is 135 Å². The van der Waals surface area contributed by atoms with Gasteiger partial charge in [-0.05, 0) is 18.2 Å². The second-order valence-electron chi connectivity index (χ2n) is 4.11. The summed E-state index contributed by atoms with van der Waals surface area (Å²) in [5, 5.41) is 10.7. The van der Waals surface area contributed by atoms with Gasteiger partial charge in [0.2, 0.25) is 11.8 Å². The molecule has 0 spiro atoms. The minimum Gasteiger partial charge on any atom is -0.465 e. The Balaban J connectivity index is 2.00. The van der Waals surface area contributed by atoms with Crippen LogP contribution in [-0.2, 0) is 9.53 Å². The molecule has 2 aromatic rings. The van der Waals surface area contributed by atoms with Crippen LogP contribution in [0.1, 0.15) is 16.2 Å². The number of aromatic nitrogens is 2. The first-order valence-electron chi connectivity index (χ1n) is 6.10. The first-order valence-corrected chi connectivity index (χ1v) is 7.46. The van der Waals surface area contributed by atoms with Gasteiger partial charge in [-0.25, -0.2) is 4.79 Å². The van der Waals surface area contributed by atoms with Gasteiger partial charge in [-0.15, -0.1) is 10.2 Å². The number of amides is 1. The van der Waals surface area contributed by atoms with Crippen LogP contribution >= 0.6 is 23.4 Å². The molecule has 0 aliphatic carbocycles. The van der Waals surface area contributed by atoms with Crippen molar-refractivity contribution in [3.8, 4) is 0 Å². The maximum atomic E-state index is 11.9. The maximum Gasteiger partial charge on any atom is 0.337 e. The van der Waals surface area contributed by atoms with E-state index in [2.05, 4.69) is 20.3 Å². The lowest BCUT2D eigenvalue weighted by Gasteiger charge is -2.08. The summed E-state index contributed by atoms with van der Waals surface area (Å²) in [6.07, 6.45) is 0. The van der Waals surface area contributed by atoms with Gasteiger partial charge in [-0.1, -0.05) is 23.4 Å². The second-order valence-corrected chi connectivity index (χ2v) is 5.44. The van der Waals surface area contributed by atoms with Crippen LogP contribution in [0.2, 0.25) is 5.02 Å². The van der Waals surface area contributed by atoms with Crippen molar-refractivity contribution in [2.24, 2.45) is 0 Å². The summed E-state index contributed by atoms with van der Waals surface area (Å²) in [6.45, 7) is 1.66. The van der Waals surface area contributed by atoms with Crippen LogP contribution in [0.3, 0.4) is 0 Å². The van der Waals surface area contributed by atoms with E-state index in [1.54, 1.807) is 6.92 Å². The van der Waals surface area contributed by atoms with Crippen molar-refractivity contribution in [3.05, 3.63) is 34.7 Å². The number of rotatable bonds is 5. The molecule has 0 atom stereocenters. The molecule has 0 unspecified atom stereocenters. The Morgan fingerprint density at radius 1 is 1.41 bits per heavy atom. The topological polar surface area (TPSA) is 94.3 Å². The van der Waals surface area contributed by atoms with Gasteiger partial charge in [0.25, 0.3) is 5.22 Å². The van der Waals surface area contributed by atoms with E-state index in [0.29, 0.717) is 27.4 Å². The number of carbonyl (C=O) groups excluding carboxylic acids is 2. The molecule has 1 heterocycles. The molecule has 22 heavy (non-hydrogen) atoms. The zero-order valence-electron chi connectivity index (χ0n) is 11.8. The Bertz CT molecular complexity index is 704. The van der Waals surface area contributed by atoms with E-state index in [1.807, 2.05) is 0 Å². The normalized spacial score (nSPS) is 10.3. The minimum absolute atomic E-state index is 0.0699. The smallest absolute Gasteiger partial charge is 0.337 e. The van der Waals surface area contributed by atoms with Crippen LogP contribution in [-0.4, -0.2) is 34.9 Å². The highest BCUT2D eigenvalue weighted by molar-refractivity contribution is 7.99. The SMILES string of the molecule is COC(=O)c1ccc(Cl)c(NC(=O)CSc2nnc(C)o2)c1. The molecular formula is C13H12ClN3O4S. The third-order valence-corrected chi connectivity index (χ3v) is 3.64. The fourth-order valence-corrected chi connectivity index (χ4v) is 2.29. The van der Waals surface area contributed by atoms with E-state index in [1.165, 1.54) is 25.3 Å². The number of methoxy groups -OCH3 is 1. The molecule has 0 saturated carbocycles. The van der Waals surface area contributed by atoms with E-state index in [0.717, 1.165) is 11.8 Å². The number of thioether (sulfide) groups is 1. The van der Waals surface area contributed by atoms with Gasteiger partial charge in [0.05, 0.1) is 29.1 Å². The van der Waals surface area contributed by atoms with Gasteiger partial charge in [-0.3, -0.25) is 4.79 Å². The van der Waals surface area contributed by atoms with Crippen molar-refractivity contribution >= 4 is 40.9 Å². The standard InChI is InChI=1S/C13H12ClN3O4S/c1-7-16-17-13(21-7)22-6-11(18)15-10-5-8(12(19)20-2)3-4-9(10)14/h3-5H,6H2,1-2H3,(H,15,18). The molecule has 1 amide bonds. The van der Waals surface area contributed by atoms with Crippen molar-refractivity contribution < 1.29 is 18.7 Å². The molecule has 2 rings (SSSR count). The van der Waals surface area contributed by atoms with Gasteiger partial charge < -0.3 is 14.5 Å². The quantitative estimate of drug-likeness (QED) is 0.659. The molecule has 9 heteroatoms. The van der Waals surface area contributed by atoms with Gasteiger partial charge in [0.15, 0.2) is 0 Å². The predicted molar refractivity (Wildman–Crippen MR) is 81.2 cm³/mol. The Morgan fingerprint density at radius 3 is 2.82 bits per heavy atom.